The molecule has 6 heterocycles. The van der Waals surface area contributed by atoms with E-state index >= 15 is 0 Å². The van der Waals surface area contributed by atoms with Crippen LogP contribution in [0.1, 0.15) is 74.9 Å². The van der Waals surface area contributed by atoms with E-state index < -0.39 is 24.3 Å². The van der Waals surface area contributed by atoms with Crippen LogP contribution >= 0.6 is 22.7 Å². The van der Waals surface area contributed by atoms with Gasteiger partial charge in [0.05, 0.1) is 52.4 Å². The summed E-state index contributed by atoms with van der Waals surface area (Å²) in [5.74, 6) is 1.00. The fraction of sp³-hybridized carbons (Fsp3) is 0.319. The number of alkyl carbamates (subject to hydrolysis) is 2. The molecule has 4 atom stereocenters. The third-order valence-corrected chi connectivity index (χ3v) is 14.3. The van der Waals surface area contributed by atoms with Crippen LogP contribution in [0, 0.1) is 5.92 Å². The van der Waals surface area contributed by atoms with E-state index in [9.17, 15) is 19.2 Å². The molecule has 324 valence electrons. The number of thiophene rings is 2. The van der Waals surface area contributed by atoms with E-state index in [0.717, 1.165) is 70.5 Å². The largest absolute Gasteiger partial charge is 0.453 e. The van der Waals surface area contributed by atoms with E-state index in [4.69, 9.17) is 19.4 Å². The van der Waals surface area contributed by atoms with Crippen LogP contribution in [0.15, 0.2) is 89.8 Å². The maximum Gasteiger partial charge on any atom is 0.407 e. The summed E-state index contributed by atoms with van der Waals surface area (Å²) >= 11 is 3.46. The van der Waals surface area contributed by atoms with Gasteiger partial charge in [0, 0.05) is 46.7 Å². The summed E-state index contributed by atoms with van der Waals surface area (Å²) < 4.78 is 12.1. The summed E-state index contributed by atoms with van der Waals surface area (Å²) in [5.41, 5.74) is 8.70. The molecular formula is C47H48N8O6S2. The minimum Gasteiger partial charge on any atom is -0.453 e. The van der Waals surface area contributed by atoms with Gasteiger partial charge in [-0.05, 0) is 60.4 Å². The predicted octanol–water partition coefficient (Wildman–Crippen LogP) is 9.37. The van der Waals surface area contributed by atoms with Crippen LogP contribution in [0.3, 0.4) is 0 Å². The summed E-state index contributed by atoms with van der Waals surface area (Å²) in [6.45, 7) is 4.97. The molecule has 14 nitrogen and oxygen atoms in total. The summed E-state index contributed by atoms with van der Waals surface area (Å²) in [6, 6.07) is 21.8. The van der Waals surface area contributed by atoms with Crippen LogP contribution in [0.4, 0.5) is 9.59 Å². The van der Waals surface area contributed by atoms with Gasteiger partial charge in [0.1, 0.15) is 23.7 Å². The number of carbonyl (C=O) groups excluding carboxylic acids is 4. The number of carbonyl (C=O) groups is 4. The molecule has 2 fully saturated rings. The number of benzene rings is 3. The molecule has 9 rings (SSSR count). The molecule has 0 saturated carbocycles. The Morgan fingerprint density at radius 3 is 2.00 bits per heavy atom. The average molecular weight is 885 g/mol. The van der Waals surface area contributed by atoms with Crippen molar-refractivity contribution >= 4 is 67.1 Å². The molecule has 3 aromatic carbocycles. The van der Waals surface area contributed by atoms with Gasteiger partial charge in [-0.25, -0.2) is 19.6 Å². The van der Waals surface area contributed by atoms with Crippen molar-refractivity contribution in [3.63, 3.8) is 0 Å². The van der Waals surface area contributed by atoms with Crippen LogP contribution in [-0.4, -0.2) is 87.1 Å². The number of aromatic amines is 2. The van der Waals surface area contributed by atoms with E-state index in [0.29, 0.717) is 24.5 Å². The number of hydrogen-bond donors (Lipinski definition) is 4. The number of amides is 4. The number of nitrogens with zero attached hydrogens (tertiary/aromatic N) is 4. The van der Waals surface area contributed by atoms with Gasteiger partial charge in [0.2, 0.25) is 5.91 Å². The first kappa shape index (κ1) is 41.8. The first-order valence-corrected chi connectivity index (χ1v) is 22.9. The Hall–Kier alpha value is -6.52. The van der Waals surface area contributed by atoms with E-state index in [1.165, 1.54) is 29.2 Å². The van der Waals surface area contributed by atoms with Crippen molar-refractivity contribution in [2.24, 2.45) is 5.92 Å². The molecule has 2 unspecified atom stereocenters. The standard InChI is InChI=1S/C47H48N8O6S2/c1-26(2)38(52-46(58)60-3)44(56)55-21-9-13-37(55)43-49-33-19-18-30(22-34(33)50-43)32-25-63-40-31(24-62-41(32)40)27-14-16-28(17-15-27)35-23-48-42(51-35)36-12-8-20-54(36)45(57)39(53-47(59)61-4)29-10-6-5-7-11-29/h5-7,10-11,14-19,22-26,36-39H,8-9,12-13,20-21H2,1-4H3,(H,48,51)(H,49,50)(H,52,58)(H,53,59)/t36?,37?,38-,39+/m0/s1. The van der Waals surface area contributed by atoms with Crippen molar-refractivity contribution in [1.29, 1.82) is 0 Å². The van der Waals surface area contributed by atoms with Crippen LogP contribution in [0.5, 0.6) is 0 Å². The van der Waals surface area contributed by atoms with Crippen LogP contribution < -0.4 is 10.6 Å². The van der Waals surface area contributed by atoms with Gasteiger partial charge in [0.15, 0.2) is 0 Å². The number of aromatic nitrogens is 4. The topological polar surface area (TPSA) is 175 Å². The van der Waals surface area contributed by atoms with E-state index in [2.05, 4.69) is 67.8 Å². The van der Waals surface area contributed by atoms with Crippen LogP contribution in [-0.2, 0) is 19.1 Å². The molecular weight excluding hydrogens is 837 g/mol. The van der Waals surface area contributed by atoms with E-state index in [1.807, 2.05) is 61.3 Å². The van der Waals surface area contributed by atoms with Gasteiger partial charge in [-0.3, -0.25) is 9.59 Å². The number of hydrogen-bond acceptors (Lipinski definition) is 10. The molecule has 0 aliphatic carbocycles. The molecule has 4 N–H and O–H groups in total. The lowest BCUT2D eigenvalue weighted by molar-refractivity contribution is -0.135. The lowest BCUT2D eigenvalue weighted by atomic mass is 10.0. The first-order valence-electron chi connectivity index (χ1n) is 21.1. The highest BCUT2D eigenvalue weighted by atomic mass is 32.1. The van der Waals surface area contributed by atoms with Crippen LogP contribution in [0.2, 0.25) is 0 Å². The maximum atomic E-state index is 14.0. The molecule has 0 spiro atoms. The SMILES string of the molecule is COC(=O)N[C@H](C(=O)N1CCCC1c1nc2ccc(-c3csc4c(-c5ccc(-c6c[nH]c(C7CCCN7C(=O)[C@H](NC(=O)OC)c7ccccc7)n6)cc5)csc34)cc2[nH]1)C(C)C. The summed E-state index contributed by atoms with van der Waals surface area (Å²) in [6.07, 6.45) is 3.80. The van der Waals surface area contributed by atoms with Crippen molar-refractivity contribution in [2.75, 3.05) is 27.3 Å². The monoisotopic (exact) mass is 884 g/mol. The minimum absolute atomic E-state index is 0.110. The summed E-state index contributed by atoms with van der Waals surface area (Å²) in [5, 5.41) is 9.87. The van der Waals surface area contributed by atoms with Gasteiger partial charge in [-0.15, -0.1) is 22.7 Å². The number of rotatable bonds is 11. The molecule has 16 heteroatoms. The smallest absolute Gasteiger partial charge is 0.407 e. The second-order valence-electron chi connectivity index (χ2n) is 16.3. The molecule has 2 saturated heterocycles. The first-order chi connectivity index (χ1) is 30.6. The lowest BCUT2D eigenvalue weighted by Gasteiger charge is -2.29. The highest BCUT2D eigenvalue weighted by molar-refractivity contribution is 7.27. The zero-order valence-corrected chi connectivity index (χ0v) is 37.0. The Balaban J connectivity index is 0.905. The summed E-state index contributed by atoms with van der Waals surface area (Å²) in [7, 11) is 2.58. The van der Waals surface area contributed by atoms with Crippen LogP contribution in [0.25, 0.3) is 53.9 Å². The van der Waals surface area contributed by atoms with Gasteiger partial charge in [-0.2, -0.15) is 0 Å². The molecule has 0 bridgehead atoms. The fourth-order valence-corrected chi connectivity index (χ4v) is 11.3. The lowest BCUT2D eigenvalue weighted by Crippen LogP contribution is -2.51. The number of H-pyrrole nitrogens is 2. The van der Waals surface area contributed by atoms with Crippen molar-refractivity contribution < 1.29 is 28.7 Å². The van der Waals surface area contributed by atoms with Crippen molar-refractivity contribution in [3.8, 4) is 33.5 Å². The number of ether oxygens (including phenoxy) is 2. The number of imidazole rings is 2. The molecule has 7 aromatic rings. The molecule has 2 aliphatic rings. The Kier molecular flexibility index (Phi) is 11.7. The summed E-state index contributed by atoms with van der Waals surface area (Å²) in [4.78, 5) is 72.4. The minimum atomic E-state index is -0.880. The van der Waals surface area contributed by atoms with Gasteiger partial charge in [0.25, 0.3) is 5.91 Å². The van der Waals surface area contributed by atoms with E-state index in [1.54, 1.807) is 27.6 Å². The zero-order valence-electron chi connectivity index (χ0n) is 35.3. The zero-order chi connectivity index (χ0) is 43.8. The fourth-order valence-electron chi connectivity index (χ4n) is 8.83. The third-order valence-electron chi connectivity index (χ3n) is 12.1. The highest BCUT2D eigenvalue weighted by Gasteiger charge is 2.39. The van der Waals surface area contributed by atoms with Gasteiger partial charge in [-0.1, -0.05) is 74.5 Å². The Morgan fingerprint density at radius 1 is 0.730 bits per heavy atom. The molecule has 2 aliphatic heterocycles. The highest BCUT2D eigenvalue weighted by Crippen LogP contribution is 2.45. The van der Waals surface area contributed by atoms with Gasteiger partial charge >= 0.3 is 12.2 Å². The normalized spacial score (nSPS) is 17.3. The second-order valence-corrected chi connectivity index (χ2v) is 18.0. The van der Waals surface area contributed by atoms with Crippen molar-refractivity contribution in [2.45, 2.75) is 63.7 Å². The Labute approximate surface area is 372 Å². The Bertz CT molecular complexity index is 2790. The number of fused-ring (bicyclic) bond motifs is 2. The third kappa shape index (κ3) is 8.16. The quantitative estimate of drug-likeness (QED) is 0.0994. The Morgan fingerprint density at radius 2 is 1.33 bits per heavy atom. The molecule has 4 aromatic heterocycles. The number of likely N-dealkylation sites (tertiary alicyclic amines) is 2. The second kappa shape index (κ2) is 17.7. The average Bonchev–Trinajstić information content (AvgIpc) is 4.17. The number of methoxy groups -OCH3 is 2. The van der Waals surface area contributed by atoms with Crippen molar-refractivity contribution in [1.82, 2.24) is 40.4 Å². The molecule has 4 amide bonds. The molecule has 0 radical (unpaired) electrons. The predicted molar refractivity (Wildman–Crippen MR) is 244 cm³/mol. The maximum absolute atomic E-state index is 14.0. The van der Waals surface area contributed by atoms with E-state index in [-0.39, 0.29) is 29.8 Å². The van der Waals surface area contributed by atoms with Gasteiger partial charge < -0.3 is 39.9 Å². The number of nitrogens with one attached hydrogen (secondary N) is 4. The molecule has 63 heavy (non-hydrogen) atoms. The van der Waals surface area contributed by atoms with Crippen molar-refractivity contribution in [3.05, 3.63) is 107 Å².